The minimum absolute atomic E-state index is 0.420. The van der Waals surface area contributed by atoms with Gasteiger partial charge in [0.05, 0.1) is 0 Å². The van der Waals surface area contributed by atoms with Gasteiger partial charge in [0, 0.05) is 18.7 Å². The van der Waals surface area contributed by atoms with Crippen LogP contribution in [-0.4, -0.2) is 23.7 Å². The summed E-state index contributed by atoms with van der Waals surface area (Å²) in [5.74, 6) is -0.322. The standard InChI is InChI=1S/C9H17NO2/c1-7(2)8(3)10-6-4-5-9(11)12/h4-5,7-8,10H,6H2,1-3H3,(H,11,12)/b5-4+. The Kier molecular flexibility index (Phi) is 5.37. The Morgan fingerprint density at radius 3 is 2.50 bits per heavy atom. The summed E-state index contributed by atoms with van der Waals surface area (Å²) in [6.45, 7) is 6.95. The Hall–Kier alpha value is -0.830. The first-order chi connectivity index (χ1) is 5.54. The fraction of sp³-hybridized carbons (Fsp3) is 0.667. The summed E-state index contributed by atoms with van der Waals surface area (Å²) < 4.78 is 0. The molecule has 0 saturated carbocycles. The molecule has 1 unspecified atom stereocenters. The average Bonchev–Trinajstić information content (AvgIpc) is 1.97. The molecular formula is C9H17NO2. The van der Waals surface area contributed by atoms with Crippen molar-refractivity contribution in [3.8, 4) is 0 Å². The van der Waals surface area contributed by atoms with Crippen molar-refractivity contribution in [3.63, 3.8) is 0 Å². The van der Waals surface area contributed by atoms with Crippen molar-refractivity contribution >= 4 is 5.97 Å². The monoisotopic (exact) mass is 171 g/mol. The van der Waals surface area contributed by atoms with Crippen LogP contribution in [-0.2, 0) is 4.79 Å². The van der Waals surface area contributed by atoms with E-state index in [4.69, 9.17) is 5.11 Å². The van der Waals surface area contributed by atoms with Crippen LogP contribution >= 0.6 is 0 Å². The number of rotatable bonds is 5. The van der Waals surface area contributed by atoms with Crippen molar-refractivity contribution in [2.45, 2.75) is 26.8 Å². The van der Waals surface area contributed by atoms with Crippen LogP contribution < -0.4 is 5.32 Å². The molecule has 0 aliphatic carbocycles. The predicted octanol–water partition coefficient (Wildman–Crippen LogP) is 1.26. The lowest BCUT2D eigenvalue weighted by atomic mass is 10.1. The minimum Gasteiger partial charge on any atom is -0.478 e. The number of nitrogens with one attached hydrogen (secondary N) is 1. The first-order valence-electron chi connectivity index (χ1n) is 4.17. The van der Waals surface area contributed by atoms with E-state index in [1.807, 2.05) is 0 Å². The van der Waals surface area contributed by atoms with Gasteiger partial charge >= 0.3 is 5.97 Å². The third-order valence-electron chi connectivity index (χ3n) is 1.82. The van der Waals surface area contributed by atoms with Gasteiger partial charge in [-0.05, 0) is 12.8 Å². The van der Waals surface area contributed by atoms with Crippen molar-refractivity contribution in [1.82, 2.24) is 5.32 Å². The lowest BCUT2D eigenvalue weighted by Crippen LogP contribution is -2.30. The van der Waals surface area contributed by atoms with Gasteiger partial charge in [-0.1, -0.05) is 19.9 Å². The molecule has 70 valence electrons. The fourth-order valence-electron chi connectivity index (χ4n) is 0.649. The second kappa shape index (κ2) is 5.77. The molecule has 0 bridgehead atoms. The maximum absolute atomic E-state index is 10.1. The van der Waals surface area contributed by atoms with Gasteiger partial charge in [0.2, 0.25) is 0 Å². The summed E-state index contributed by atoms with van der Waals surface area (Å²) in [6.07, 6.45) is 2.77. The van der Waals surface area contributed by atoms with Crippen LogP contribution in [0, 0.1) is 5.92 Å². The highest BCUT2D eigenvalue weighted by atomic mass is 16.4. The van der Waals surface area contributed by atoms with Crippen molar-refractivity contribution in [1.29, 1.82) is 0 Å². The van der Waals surface area contributed by atoms with Gasteiger partial charge in [-0.25, -0.2) is 4.79 Å². The SMILES string of the molecule is CC(C)C(C)NC/C=C/C(=O)O. The van der Waals surface area contributed by atoms with Crippen molar-refractivity contribution in [2.24, 2.45) is 5.92 Å². The number of carboxylic acids is 1. The molecule has 0 heterocycles. The Labute approximate surface area is 73.5 Å². The summed E-state index contributed by atoms with van der Waals surface area (Å²) in [5, 5.41) is 11.5. The maximum Gasteiger partial charge on any atom is 0.328 e. The zero-order valence-corrected chi connectivity index (χ0v) is 7.87. The Morgan fingerprint density at radius 2 is 2.08 bits per heavy atom. The lowest BCUT2D eigenvalue weighted by Gasteiger charge is -2.15. The lowest BCUT2D eigenvalue weighted by molar-refractivity contribution is -0.131. The zero-order valence-electron chi connectivity index (χ0n) is 7.87. The molecule has 0 rings (SSSR count). The van der Waals surface area contributed by atoms with E-state index in [-0.39, 0.29) is 0 Å². The number of aliphatic carboxylic acids is 1. The van der Waals surface area contributed by atoms with Gasteiger partial charge in [0.25, 0.3) is 0 Å². The fourth-order valence-corrected chi connectivity index (χ4v) is 0.649. The van der Waals surface area contributed by atoms with E-state index in [1.165, 1.54) is 0 Å². The number of carboxylic acid groups (broad SMARTS) is 1. The highest BCUT2D eigenvalue weighted by molar-refractivity contribution is 5.79. The molecule has 0 aromatic heterocycles. The van der Waals surface area contributed by atoms with Crippen LogP contribution in [0.4, 0.5) is 0 Å². The number of hydrogen-bond donors (Lipinski definition) is 2. The minimum atomic E-state index is -0.894. The molecule has 0 aromatic carbocycles. The van der Waals surface area contributed by atoms with Crippen LogP contribution in [0.1, 0.15) is 20.8 Å². The molecule has 0 aliphatic heterocycles. The average molecular weight is 171 g/mol. The third-order valence-corrected chi connectivity index (χ3v) is 1.82. The van der Waals surface area contributed by atoms with Gasteiger partial charge in [-0.2, -0.15) is 0 Å². The molecule has 0 aromatic rings. The van der Waals surface area contributed by atoms with Gasteiger partial charge in [0.15, 0.2) is 0 Å². The van der Waals surface area contributed by atoms with E-state index < -0.39 is 5.97 Å². The second-order valence-corrected chi connectivity index (χ2v) is 3.18. The largest absolute Gasteiger partial charge is 0.478 e. The Morgan fingerprint density at radius 1 is 1.50 bits per heavy atom. The molecule has 0 saturated heterocycles. The van der Waals surface area contributed by atoms with Gasteiger partial charge in [0.1, 0.15) is 0 Å². The third kappa shape index (κ3) is 5.92. The van der Waals surface area contributed by atoms with Gasteiger partial charge in [-0.3, -0.25) is 0 Å². The normalized spacial score (nSPS) is 14.0. The Bertz CT molecular complexity index is 164. The molecule has 0 spiro atoms. The van der Waals surface area contributed by atoms with E-state index in [0.717, 1.165) is 6.08 Å². The van der Waals surface area contributed by atoms with E-state index in [1.54, 1.807) is 6.08 Å². The molecule has 3 heteroatoms. The molecule has 0 aliphatic rings. The highest BCUT2D eigenvalue weighted by Gasteiger charge is 2.03. The summed E-state index contributed by atoms with van der Waals surface area (Å²) in [5.41, 5.74) is 0. The van der Waals surface area contributed by atoms with Gasteiger partial charge < -0.3 is 10.4 Å². The molecule has 0 radical (unpaired) electrons. The van der Waals surface area contributed by atoms with E-state index in [9.17, 15) is 4.79 Å². The quantitative estimate of drug-likeness (QED) is 0.612. The van der Waals surface area contributed by atoms with Crippen LogP contribution in [0.25, 0.3) is 0 Å². The molecule has 3 nitrogen and oxygen atoms in total. The van der Waals surface area contributed by atoms with E-state index >= 15 is 0 Å². The summed E-state index contributed by atoms with van der Waals surface area (Å²) in [7, 11) is 0. The second-order valence-electron chi connectivity index (χ2n) is 3.18. The Balaban J connectivity index is 3.49. The first kappa shape index (κ1) is 11.2. The summed E-state index contributed by atoms with van der Waals surface area (Å²) in [6, 6.07) is 0.420. The zero-order chi connectivity index (χ0) is 9.56. The van der Waals surface area contributed by atoms with Crippen LogP contribution in [0.3, 0.4) is 0 Å². The summed E-state index contributed by atoms with van der Waals surface area (Å²) >= 11 is 0. The van der Waals surface area contributed by atoms with Crippen molar-refractivity contribution in [3.05, 3.63) is 12.2 Å². The highest BCUT2D eigenvalue weighted by Crippen LogP contribution is 1.98. The molecule has 12 heavy (non-hydrogen) atoms. The van der Waals surface area contributed by atoms with E-state index in [2.05, 4.69) is 26.1 Å². The number of carbonyl (C=O) groups is 1. The van der Waals surface area contributed by atoms with Crippen molar-refractivity contribution in [2.75, 3.05) is 6.54 Å². The topological polar surface area (TPSA) is 49.3 Å². The maximum atomic E-state index is 10.1. The molecule has 0 amide bonds. The van der Waals surface area contributed by atoms with Crippen LogP contribution in [0.2, 0.25) is 0 Å². The molecule has 1 atom stereocenters. The van der Waals surface area contributed by atoms with E-state index in [0.29, 0.717) is 18.5 Å². The van der Waals surface area contributed by atoms with Crippen molar-refractivity contribution < 1.29 is 9.90 Å². The smallest absolute Gasteiger partial charge is 0.328 e. The molecule has 2 N–H and O–H groups in total. The summed E-state index contributed by atoms with van der Waals surface area (Å²) in [4.78, 5) is 10.1. The molecule has 0 fully saturated rings. The first-order valence-corrected chi connectivity index (χ1v) is 4.17. The predicted molar refractivity (Wildman–Crippen MR) is 49.1 cm³/mol. The van der Waals surface area contributed by atoms with Gasteiger partial charge in [-0.15, -0.1) is 0 Å². The van der Waals surface area contributed by atoms with Crippen LogP contribution in [0.5, 0.6) is 0 Å². The number of hydrogen-bond acceptors (Lipinski definition) is 2. The molecular weight excluding hydrogens is 154 g/mol. The van der Waals surface area contributed by atoms with Crippen LogP contribution in [0.15, 0.2) is 12.2 Å².